The van der Waals surface area contributed by atoms with Gasteiger partial charge in [0, 0.05) is 29.0 Å². The summed E-state index contributed by atoms with van der Waals surface area (Å²) in [6, 6.07) is 19.6. The third-order valence-electron chi connectivity index (χ3n) is 8.07. The quantitative estimate of drug-likeness (QED) is 0.347. The summed E-state index contributed by atoms with van der Waals surface area (Å²) >= 11 is 0. The molecule has 1 unspecified atom stereocenters. The second kappa shape index (κ2) is 9.73. The Hall–Kier alpha value is -3.27. The molecule has 8 heteroatoms. The van der Waals surface area contributed by atoms with E-state index in [-0.39, 0.29) is 17.1 Å². The number of carbonyl (C=O) groups is 1. The second-order valence-electron chi connectivity index (χ2n) is 11.5. The van der Waals surface area contributed by atoms with Gasteiger partial charge in [0.25, 0.3) is 0 Å². The van der Waals surface area contributed by atoms with Gasteiger partial charge in [-0.25, -0.2) is 0 Å². The third kappa shape index (κ3) is 4.52. The minimum atomic E-state index is -1.52. The lowest BCUT2D eigenvalue weighted by atomic mass is 9.68. The molecule has 2 heterocycles. The molecule has 1 saturated heterocycles. The Morgan fingerprint density at radius 1 is 0.949 bits per heavy atom. The van der Waals surface area contributed by atoms with Gasteiger partial charge in [-0.15, -0.1) is 0 Å². The molecule has 1 aliphatic carbocycles. The molecule has 204 valence electrons. The van der Waals surface area contributed by atoms with Crippen LogP contribution in [0.2, 0.25) is 0 Å². The van der Waals surface area contributed by atoms with Gasteiger partial charge in [-0.3, -0.25) is 4.79 Å². The van der Waals surface area contributed by atoms with Gasteiger partial charge >= 0.3 is 0 Å². The van der Waals surface area contributed by atoms with Gasteiger partial charge in [-0.2, -0.15) is 0 Å². The molecule has 0 amide bonds. The molecule has 39 heavy (non-hydrogen) atoms. The molecule has 0 spiro atoms. The van der Waals surface area contributed by atoms with E-state index in [0.29, 0.717) is 12.2 Å². The number of fused-ring (bicyclic) bond motifs is 3. The van der Waals surface area contributed by atoms with Gasteiger partial charge in [0.1, 0.15) is 30.2 Å². The Morgan fingerprint density at radius 3 is 2.44 bits per heavy atom. The van der Waals surface area contributed by atoms with Gasteiger partial charge in [0.15, 0.2) is 5.78 Å². The SMILES string of the molecule is CC1(C)CC(=O)C2=C(C1)Nc1c(ccc3ccccc13)C2c1ccc(O[C@@H]2O[C@H](CO)[C@@H](O)[C@@H](O)[C@H]2O)cc1. The predicted octanol–water partition coefficient (Wildman–Crippen LogP) is 3.22. The average Bonchev–Trinajstić information content (AvgIpc) is 2.92. The maximum absolute atomic E-state index is 13.6. The normalized spacial score (nSPS) is 29.9. The Morgan fingerprint density at radius 2 is 1.69 bits per heavy atom. The van der Waals surface area contributed by atoms with E-state index in [4.69, 9.17) is 9.47 Å². The fourth-order valence-electron chi connectivity index (χ4n) is 6.14. The van der Waals surface area contributed by atoms with Gasteiger partial charge in [-0.05, 0) is 40.5 Å². The van der Waals surface area contributed by atoms with Crippen molar-refractivity contribution in [2.24, 2.45) is 5.41 Å². The highest BCUT2D eigenvalue weighted by Gasteiger charge is 2.45. The predicted molar refractivity (Wildman–Crippen MR) is 145 cm³/mol. The fraction of sp³-hybridized carbons (Fsp3) is 0.387. The Labute approximate surface area is 226 Å². The minimum absolute atomic E-state index is 0.138. The molecule has 3 aromatic rings. The van der Waals surface area contributed by atoms with Crippen LogP contribution in [0.15, 0.2) is 71.9 Å². The van der Waals surface area contributed by atoms with Crippen molar-refractivity contribution in [3.63, 3.8) is 0 Å². The molecule has 3 aromatic carbocycles. The zero-order valence-corrected chi connectivity index (χ0v) is 21.9. The number of Topliss-reactive ketones (excluding diaryl/α,β-unsaturated/α-hetero) is 1. The average molecular weight is 532 g/mol. The lowest BCUT2D eigenvalue weighted by Crippen LogP contribution is -2.60. The smallest absolute Gasteiger partial charge is 0.229 e. The van der Waals surface area contributed by atoms with Crippen LogP contribution in [0.25, 0.3) is 10.8 Å². The molecule has 0 radical (unpaired) electrons. The summed E-state index contributed by atoms with van der Waals surface area (Å²) in [5, 5.41) is 45.8. The number of benzene rings is 3. The number of ketones is 1. The highest BCUT2D eigenvalue weighted by atomic mass is 16.7. The number of carbonyl (C=O) groups excluding carboxylic acids is 1. The first-order valence-corrected chi connectivity index (χ1v) is 13.3. The molecule has 0 bridgehead atoms. The zero-order valence-electron chi connectivity index (χ0n) is 21.9. The second-order valence-corrected chi connectivity index (χ2v) is 11.5. The lowest BCUT2D eigenvalue weighted by Gasteiger charge is -2.40. The van der Waals surface area contributed by atoms with E-state index in [1.54, 1.807) is 12.1 Å². The molecule has 5 N–H and O–H groups in total. The molecular formula is C31H33NO7. The molecule has 0 aromatic heterocycles. The van der Waals surface area contributed by atoms with Crippen LogP contribution in [-0.4, -0.2) is 63.5 Å². The molecule has 8 nitrogen and oxygen atoms in total. The summed E-state index contributed by atoms with van der Waals surface area (Å²) in [7, 11) is 0. The molecule has 6 atom stereocenters. The lowest BCUT2D eigenvalue weighted by molar-refractivity contribution is -0.277. The molecule has 2 aliphatic heterocycles. The van der Waals surface area contributed by atoms with E-state index >= 15 is 0 Å². The van der Waals surface area contributed by atoms with Crippen molar-refractivity contribution in [2.45, 2.75) is 63.3 Å². The Balaban J connectivity index is 1.37. The largest absolute Gasteiger partial charge is 0.462 e. The van der Waals surface area contributed by atoms with Crippen LogP contribution in [0.5, 0.6) is 5.75 Å². The van der Waals surface area contributed by atoms with Crippen molar-refractivity contribution in [1.29, 1.82) is 0 Å². The van der Waals surface area contributed by atoms with Gasteiger partial charge in [0.2, 0.25) is 6.29 Å². The number of aliphatic hydroxyl groups is 4. The number of hydrogen-bond donors (Lipinski definition) is 5. The van der Waals surface area contributed by atoms with Crippen LogP contribution in [0.4, 0.5) is 5.69 Å². The first-order valence-electron chi connectivity index (χ1n) is 13.3. The summed E-state index contributed by atoms with van der Waals surface area (Å²) in [4.78, 5) is 13.6. The first kappa shape index (κ1) is 26.0. The number of ether oxygens (including phenoxy) is 2. The molecule has 6 rings (SSSR count). The highest BCUT2D eigenvalue weighted by molar-refractivity contribution is 6.05. The number of anilines is 1. The summed E-state index contributed by atoms with van der Waals surface area (Å²) in [6.07, 6.45) is -5.55. The monoisotopic (exact) mass is 531 g/mol. The van der Waals surface area contributed by atoms with Crippen LogP contribution in [0, 0.1) is 5.41 Å². The van der Waals surface area contributed by atoms with E-state index < -0.39 is 37.3 Å². The summed E-state index contributed by atoms with van der Waals surface area (Å²) < 4.78 is 11.3. The van der Waals surface area contributed by atoms with Crippen LogP contribution in [-0.2, 0) is 9.53 Å². The van der Waals surface area contributed by atoms with Crippen LogP contribution < -0.4 is 10.1 Å². The topological polar surface area (TPSA) is 128 Å². The van der Waals surface area contributed by atoms with E-state index in [9.17, 15) is 25.2 Å². The van der Waals surface area contributed by atoms with E-state index in [1.165, 1.54) is 0 Å². The van der Waals surface area contributed by atoms with Crippen LogP contribution >= 0.6 is 0 Å². The molecule has 0 saturated carbocycles. The van der Waals surface area contributed by atoms with E-state index in [1.807, 2.05) is 24.3 Å². The van der Waals surface area contributed by atoms with E-state index in [2.05, 4.69) is 43.4 Å². The fourth-order valence-corrected chi connectivity index (χ4v) is 6.14. The standard InChI is InChI=1S/C31H33NO7/c1-31(2)13-21-25(22(34)14-31)24(20-12-9-16-5-3-4-6-19(16)26(20)32-21)17-7-10-18(11-8-17)38-30-29(37)28(36)27(35)23(15-33)39-30/h3-12,23-24,27-30,32-33,35-37H,13-15H2,1-2H3/t23-,24?,27-,28-,29-,30-/m1/s1. The van der Waals surface area contributed by atoms with Gasteiger partial charge in [-0.1, -0.05) is 62.4 Å². The Kier molecular flexibility index (Phi) is 6.48. The van der Waals surface area contributed by atoms with Crippen molar-refractivity contribution in [3.05, 3.63) is 83.1 Å². The molecule has 3 aliphatic rings. The molecular weight excluding hydrogens is 498 g/mol. The first-order chi connectivity index (χ1) is 18.7. The Bertz CT molecular complexity index is 1450. The number of rotatable bonds is 4. The van der Waals surface area contributed by atoms with Gasteiger partial charge < -0.3 is 35.2 Å². The van der Waals surface area contributed by atoms with Crippen LogP contribution in [0.3, 0.4) is 0 Å². The van der Waals surface area contributed by atoms with E-state index in [0.717, 1.165) is 45.3 Å². The number of aliphatic hydroxyl groups excluding tert-OH is 4. The zero-order chi connectivity index (χ0) is 27.5. The molecule has 1 fully saturated rings. The maximum atomic E-state index is 13.6. The maximum Gasteiger partial charge on any atom is 0.229 e. The van der Waals surface area contributed by atoms with Crippen LogP contribution in [0.1, 0.15) is 43.7 Å². The van der Waals surface area contributed by atoms with Crippen molar-refractivity contribution < 1.29 is 34.7 Å². The third-order valence-corrected chi connectivity index (χ3v) is 8.07. The number of hydrogen-bond acceptors (Lipinski definition) is 8. The number of nitrogens with one attached hydrogen (secondary N) is 1. The summed E-state index contributed by atoms with van der Waals surface area (Å²) in [5.74, 6) is 0.256. The minimum Gasteiger partial charge on any atom is -0.462 e. The number of allylic oxidation sites excluding steroid dienone is 2. The summed E-state index contributed by atoms with van der Waals surface area (Å²) in [6.45, 7) is 3.71. The summed E-state index contributed by atoms with van der Waals surface area (Å²) in [5.41, 5.74) is 4.59. The van der Waals surface area contributed by atoms with Crippen molar-refractivity contribution in [3.8, 4) is 5.75 Å². The van der Waals surface area contributed by atoms with Crippen molar-refractivity contribution in [1.82, 2.24) is 0 Å². The van der Waals surface area contributed by atoms with Crippen molar-refractivity contribution >= 4 is 22.2 Å². The van der Waals surface area contributed by atoms with Gasteiger partial charge in [0.05, 0.1) is 12.3 Å². The highest BCUT2D eigenvalue weighted by Crippen LogP contribution is 2.50. The van der Waals surface area contributed by atoms with Crippen molar-refractivity contribution in [2.75, 3.05) is 11.9 Å².